The highest BCUT2D eigenvalue weighted by atomic mass is 16.3. The molecule has 2 heteroatoms. The third-order valence-corrected chi connectivity index (χ3v) is 9.25. The standard InChI is InChI=1S/C42H24O2/c1-3-12-33-31(10-1)40(26-17-20-28-25(23-26)19-22-38-42(28)35-14-6-8-16-37(35)43-38)32-11-2-4-13-34(32)41(33)27-18-21-30-29-9-5-7-15-36(29)44-39(30)24-27/h1-24H. The van der Waals surface area contributed by atoms with Gasteiger partial charge in [-0.15, -0.1) is 0 Å². The third kappa shape index (κ3) is 3.25. The zero-order valence-corrected chi connectivity index (χ0v) is 23.7. The minimum atomic E-state index is 0.911. The summed E-state index contributed by atoms with van der Waals surface area (Å²) in [5, 5.41) is 12.0. The summed E-state index contributed by atoms with van der Waals surface area (Å²) < 4.78 is 12.5. The number of hydrogen-bond donors (Lipinski definition) is 0. The maximum atomic E-state index is 6.32. The zero-order valence-electron chi connectivity index (χ0n) is 23.7. The van der Waals surface area contributed by atoms with Crippen LogP contribution in [0.2, 0.25) is 0 Å². The Morgan fingerprint density at radius 3 is 1.43 bits per heavy atom. The lowest BCUT2D eigenvalue weighted by Gasteiger charge is -2.18. The molecule has 0 aliphatic carbocycles. The first-order chi connectivity index (χ1) is 21.8. The van der Waals surface area contributed by atoms with E-state index in [-0.39, 0.29) is 0 Å². The molecule has 0 amide bonds. The summed E-state index contributed by atoms with van der Waals surface area (Å²) in [5.74, 6) is 0. The molecule has 8 aromatic carbocycles. The number of hydrogen-bond acceptors (Lipinski definition) is 2. The molecule has 0 saturated heterocycles. The van der Waals surface area contributed by atoms with Crippen LogP contribution in [0.25, 0.3) is 98.4 Å². The molecule has 2 nitrogen and oxygen atoms in total. The molecule has 0 aliphatic rings. The van der Waals surface area contributed by atoms with Crippen LogP contribution in [0.4, 0.5) is 0 Å². The molecule has 0 bridgehead atoms. The van der Waals surface area contributed by atoms with Gasteiger partial charge in [-0.1, -0.05) is 109 Å². The molecule has 44 heavy (non-hydrogen) atoms. The summed E-state index contributed by atoms with van der Waals surface area (Å²) in [5.41, 5.74) is 8.52. The molecule has 204 valence electrons. The van der Waals surface area contributed by atoms with E-state index in [4.69, 9.17) is 8.83 Å². The van der Waals surface area contributed by atoms with E-state index in [1.54, 1.807) is 0 Å². The Bertz CT molecular complexity index is 2720. The number of para-hydroxylation sites is 2. The van der Waals surface area contributed by atoms with Gasteiger partial charge in [0.25, 0.3) is 0 Å². The number of rotatable bonds is 2. The van der Waals surface area contributed by atoms with Crippen molar-refractivity contribution in [2.75, 3.05) is 0 Å². The van der Waals surface area contributed by atoms with E-state index in [1.807, 2.05) is 24.3 Å². The molecule has 0 radical (unpaired) electrons. The van der Waals surface area contributed by atoms with Crippen molar-refractivity contribution in [2.45, 2.75) is 0 Å². The highest BCUT2D eigenvalue weighted by molar-refractivity contribution is 6.23. The van der Waals surface area contributed by atoms with Crippen LogP contribution in [0.15, 0.2) is 154 Å². The van der Waals surface area contributed by atoms with Crippen molar-refractivity contribution >= 4 is 76.2 Å². The van der Waals surface area contributed by atoms with Crippen LogP contribution in [-0.4, -0.2) is 0 Å². The Kier molecular flexibility index (Phi) is 4.75. The second kappa shape index (κ2) is 8.82. The van der Waals surface area contributed by atoms with E-state index in [1.165, 1.54) is 54.4 Å². The smallest absolute Gasteiger partial charge is 0.136 e. The summed E-state index contributed by atoms with van der Waals surface area (Å²) in [4.78, 5) is 0. The second-order valence-electron chi connectivity index (χ2n) is 11.6. The van der Waals surface area contributed by atoms with E-state index < -0.39 is 0 Å². The van der Waals surface area contributed by atoms with Crippen LogP contribution < -0.4 is 0 Å². The molecule has 2 aromatic heterocycles. The van der Waals surface area contributed by atoms with Crippen LogP contribution >= 0.6 is 0 Å². The maximum absolute atomic E-state index is 6.32. The summed E-state index contributed by atoms with van der Waals surface area (Å²) in [6.45, 7) is 0. The molecule has 0 saturated carbocycles. The average molecular weight is 561 g/mol. The molecular formula is C42H24O2. The van der Waals surface area contributed by atoms with Crippen LogP contribution in [-0.2, 0) is 0 Å². The SMILES string of the molecule is c1ccc2c(c1)oc1cc(-c3c4ccccc4c(-c4ccc5c(ccc6oc7ccccc7c65)c4)c4ccccc34)ccc12. The molecule has 0 fully saturated rings. The van der Waals surface area contributed by atoms with Crippen molar-refractivity contribution < 1.29 is 8.83 Å². The Morgan fingerprint density at radius 2 is 0.773 bits per heavy atom. The molecule has 0 aliphatic heterocycles. The maximum Gasteiger partial charge on any atom is 0.136 e. The van der Waals surface area contributed by atoms with Crippen molar-refractivity contribution in [1.29, 1.82) is 0 Å². The van der Waals surface area contributed by atoms with Crippen LogP contribution in [0.1, 0.15) is 0 Å². The van der Waals surface area contributed by atoms with Gasteiger partial charge in [-0.05, 0) is 91.0 Å². The van der Waals surface area contributed by atoms with E-state index in [0.717, 1.165) is 44.1 Å². The fourth-order valence-electron chi connectivity index (χ4n) is 7.34. The number of furan rings is 2. The molecule has 2 heterocycles. The monoisotopic (exact) mass is 560 g/mol. The van der Waals surface area contributed by atoms with Crippen molar-refractivity contribution in [1.82, 2.24) is 0 Å². The van der Waals surface area contributed by atoms with Gasteiger partial charge in [-0.3, -0.25) is 0 Å². The fraction of sp³-hybridized carbons (Fsp3) is 0. The van der Waals surface area contributed by atoms with Crippen LogP contribution in [0, 0.1) is 0 Å². The van der Waals surface area contributed by atoms with Crippen LogP contribution in [0.3, 0.4) is 0 Å². The van der Waals surface area contributed by atoms with Crippen molar-refractivity contribution in [2.24, 2.45) is 0 Å². The zero-order chi connectivity index (χ0) is 28.8. The second-order valence-corrected chi connectivity index (χ2v) is 11.6. The van der Waals surface area contributed by atoms with Gasteiger partial charge in [0, 0.05) is 21.5 Å². The quantitative estimate of drug-likeness (QED) is 0.197. The molecular weight excluding hydrogens is 536 g/mol. The molecule has 0 spiro atoms. The summed E-state index contributed by atoms with van der Waals surface area (Å²) >= 11 is 0. The highest BCUT2D eigenvalue weighted by Gasteiger charge is 2.18. The first-order valence-electron chi connectivity index (χ1n) is 15.0. The number of fused-ring (bicyclic) bond motifs is 10. The molecule has 10 rings (SSSR count). The molecule has 0 atom stereocenters. The van der Waals surface area contributed by atoms with Crippen molar-refractivity contribution in [3.63, 3.8) is 0 Å². The Balaban J connectivity index is 1.25. The molecule has 10 aromatic rings. The predicted molar refractivity (Wildman–Crippen MR) is 184 cm³/mol. The van der Waals surface area contributed by atoms with Gasteiger partial charge in [0.1, 0.15) is 22.3 Å². The van der Waals surface area contributed by atoms with Gasteiger partial charge in [0.2, 0.25) is 0 Å². The van der Waals surface area contributed by atoms with Gasteiger partial charge < -0.3 is 8.83 Å². The number of benzene rings is 8. The third-order valence-electron chi connectivity index (χ3n) is 9.25. The molecule has 0 N–H and O–H groups in total. The summed E-state index contributed by atoms with van der Waals surface area (Å²) in [6.07, 6.45) is 0. The van der Waals surface area contributed by atoms with Gasteiger partial charge >= 0.3 is 0 Å². The predicted octanol–water partition coefficient (Wildman–Crippen LogP) is 12.3. The van der Waals surface area contributed by atoms with Gasteiger partial charge in [0.05, 0.1) is 0 Å². The summed E-state index contributed by atoms with van der Waals surface area (Å²) in [7, 11) is 0. The Hall–Kier alpha value is -5.86. The lowest BCUT2D eigenvalue weighted by atomic mass is 9.85. The average Bonchev–Trinajstić information content (AvgIpc) is 3.65. The van der Waals surface area contributed by atoms with E-state index >= 15 is 0 Å². The van der Waals surface area contributed by atoms with Crippen molar-refractivity contribution in [3.05, 3.63) is 146 Å². The normalized spacial score (nSPS) is 12.1. The largest absolute Gasteiger partial charge is 0.456 e. The lowest BCUT2D eigenvalue weighted by Crippen LogP contribution is -1.91. The minimum absolute atomic E-state index is 0.911. The van der Waals surface area contributed by atoms with Gasteiger partial charge in [-0.25, -0.2) is 0 Å². The lowest BCUT2D eigenvalue weighted by molar-refractivity contribution is 0.669. The molecule has 0 unspecified atom stereocenters. The van der Waals surface area contributed by atoms with E-state index in [0.29, 0.717) is 0 Å². The van der Waals surface area contributed by atoms with E-state index in [9.17, 15) is 0 Å². The Labute approximate surface area is 252 Å². The van der Waals surface area contributed by atoms with Crippen molar-refractivity contribution in [3.8, 4) is 22.3 Å². The van der Waals surface area contributed by atoms with E-state index in [2.05, 4.69) is 121 Å². The summed E-state index contributed by atoms with van der Waals surface area (Å²) in [6, 6.07) is 52.0. The van der Waals surface area contributed by atoms with Gasteiger partial charge in [-0.2, -0.15) is 0 Å². The Morgan fingerprint density at radius 1 is 0.295 bits per heavy atom. The fourth-order valence-corrected chi connectivity index (χ4v) is 7.34. The first-order valence-corrected chi connectivity index (χ1v) is 15.0. The topological polar surface area (TPSA) is 26.3 Å². The minimum Gasteiger partial charge on any atom is -0.456 e. The highest BCUT2D eigenvalue weighted by Crippen LogP contribution is 2.45. The first kappa shape index (κ1) is 23.7. The van der Waals surface area contributed by atoms with Gasteiger partial charge in [0.15, 0.2) is 0 Å². The van der Waals surface area contributed by atoms with Crippen LogP contribution in [0.5, 0.6) is 0 Å².